The molecule has 0 saturated heterocycles. The van der Waals surface area contributed by atoms with E-state index in [0.29, 0.717) is 0 Å². The normalized spacial score (nSPS) is 14.4. The topological polar surface area (TPSA) is 45.7 Å². The summed E-state index contributed by atoms with van der Waals surface area (Å²) in [6, 6.07) is 7.81. The van der Waals surface area contributed by atoms with Crippen LogP contribution in [0.5, 0.6) is 0 Å². The maximum Gasteiger partial charge on any atom is 0.191 e. The number of rotatable bonds is 8. The third-order valence-corrected chi connectivity index (χ3v) is 3.66. The van der Waals surface area contributed by atoms with Gasteiger partial charge in [-0.15, -0.1) is 24.0 Å². The van der Waals surface area contributed by atoms with Gasteiger partial charge in [-0.05, 0) is 42.9 Å². The summed E-state index contributed by atoms with van der Waals surface area (Å²) < 4.78 is 5.60. The van der Waals surface area contributed by atoms with Crippen LogP contribution in [0.15, 0.2) is 29.3 Å². The Labute approximate surface area is 155 Å². The maximum atomic E-state index is 5.87. The summed E-state index contributed by atoms with van der Waals surface area (Å²) in [6.45, 7) is 3.35. The first-order valence-corrected chi connectivity index (χ1v) is 7.92. The van der Waals surface area contributed by atoms with Crippen molar-refractivity contribution in [1.82, 2.24) is 10.6 Å². The first kappa shape index (κ1) is 19.5. The largest absolute Gasteiger partial charge is 0.381 e. The Morgan fingerprint density at radius 1 is 1.27 bits per heavy atom. The van der Waals surface area contributed by atoms with Gasteiger partial charge in [0.25, 0.3) is 0 Å². The molecule has 4 nitrogen and oxygen atoms in total. The van der Waals surface area contributed by atoms with Crippen LogP contribution in [0.3, 0.4) is 0 Å². The molecule has 2 rings (SSSR count). The second-order valence-corrected chi connectivity index (χ2v) is 5.79. The van der Waals surface area contributed by atoms with E-state index in [-0.39, 0.29) is 24.0 Å². The molecule has 1 aromatic carbocycles. The van der Waals surface area contributed by atoms with Crippen molar-refractivity contribution in [3.05, 3.63) is 34.9 Å². The number of hydrogen-bond donors (Lipinski definition) is 2. The highest BCUT2D eigenvalue weighted by molar-refractivity contribution is 14.0. The Morgan fingerprint density at radius 3 is 2.64 bits per heavy atom. The van der Waals surface area contributed by atoms with E-state index in [1.165, 1.54) is 18.4 Å². The number of aliphatic imine (C=N–C) groups is 1. The van der Waals surface area contributed by atoms with Crippen molar-refractivity contribution >= 4 is 41.5 Å². The quantitative estimate of drug-likeness (QED) is 0.283. The Bertz CT molecular complexity index is 449. The van der Waals surface area contributed by atoms with Crippen molar-refractivity contribution in [3.8, 4) is 0 Å². The fourth-order valence-corrected chi connectivity index (χ4v) is 2.05. The molecule has 0 aliphatic heterocycles. The molecule has 1 aliphatic rings. The molecular formula is C16H25ClIN3O. The summed E-state index contributed by atoms with van der Waals surface area (Å²) in [5.41, 5.74) is 1.18. The molecule has 0 heterocycles. The van der Waals surface area contributed by atoms with Gasteiger partial charge in [-0.1, -0.05) is 23.7 Å². The van der Waals surface area contributed by atoms with E-state index in [0.717, 1.165) is 49.6 Å². The molecule has 1 aromatic rings. The van der Waals surface area contributed by atoms with Crippen molar-refractivity contribution in [1.29, 1.82) is 0 Å². The van der Waals surface area contributed by atoms with E-state index in [9.17, 15) is 0 Å². The zero-order valence-corrected chi connectivity index (χ0v) is 16.1. The predicted molar refractivity (Wildman–Crippen MR) is 103 cm³/mol. The number of hydrogen-bond acceptors (Lipinski definition) is 2. The lowest BCUT2D eigenvalue weighted by atomic mass is 10.2. The van der Waals surface area contributed by atoms with Crippen molar-refractivity contribution < 1.29 is 4.74 Å². The summed E-state index contributed by atoms with van der Waals surface area (Å²) in [6.07, 6.45) is 3.69. The standard InChI is InChI=1S/C16H24ClN3O.HI/c1-18-16(19-9-2-10-21-12-14-3-4-14)20-11-13-5-7-15(17)8-6-13;/h5-8,14H,2-4,9-12H2,1H3,(H2,18,19,20);1H. The van der Waals surface area contributed by atoms with Gasteiger partial charge >= 0.3 is 0 Å². The molecule has 0 bridgehead atoms. The molecule has 22 heavy (non-hydrogen) atoms. The van der Waals surface area contributed by atoms with Crippen LogP contribution < -0.4 is 10.6 Å². The van der Waals surface area contributed by atoms with Crippen molar-refractivity contribution in [3.63, 3.8) is 0 Å². The van der Waals surface area contributed by atoms with Crippen LogP contribution in [-0.4, -0.2) is 32.8 Å². The first-order valence-electron chi connectivity index (χ1n) is 7.54. The van der Waals surface area contributed by atoms with E-state index < -0.39 is 0 Å². The lowest BCUT2D eigenvalue weighted by Crippen LogP contribution is -2.37. The third kappa shape index (κ3) is 8.19. The van der Waals surface area contributed by atoms with Gasteiger partial charge in [-0.2, -0.15) is 0 Å². The van der Waals surface area contributed by atoms with Crippen molar-refractivity contribution in [2.75, 3.05) is 26.8 Å². The number of nitrogens with zero attached hydrogens (tertiary/aromatic N) is 1. The summed E-state index contributed by atoms with van der Waals surface area (Å²) in [7, 11) is 1.78. The van der Waals surface area contributed by atoms with Crippen LogP contribution in [0.2, 0.25) is 5.02 Å². The van der Waals surface area contributed by atoms with Crippen LogP contribution in [0.4, 0.5) is 0 Å². The number of halogens is 2. The minimum atomic E-state index is 0. The van der Waals surface area contributed by atoms with E-state index in [2.05, 4.69) is 15.6 Å². The Morgan fingerprint density at radius 2 is 2.00 bits per heavy atom. The molecule has 2 N–H and O–H groups in total. The van der Waals surface area contributed by atoms with Gasteiger partial charge in [-0.25, -0.2) is 0 Å². The second-order valence-electron chi connectivity index (χ2n) is 5.35. The van der Waals surface area contributed by atoms with Crippen LogP contribution in [-0.2, 0) is 11.3 Å². The molecule has 1 aliphatic carbocycles. The van der Waals surface area contributed by atoms with Gasteiger partial charge in [0, 0.05) is 38.4 Å². The van der Waals surface area contributed by atoms with Gasteiger partial charge in [0.15, 0.2) is 5.96 Å². The van der Waals surface area contributed by atoms with Crippen LogP contribution in [0, 0.1) is 5.92 Å². The van der Waals surface area contributed by atoms with E-state index in [1.54, 1.807) is 7.05 Å². The molecule has 0 aromatic heterocycles. The Balaban J connectivity index is 0.00000242. The van der Waals surface area contributed by atoms with Gasteiger partial charge in [0.05, 0.1) is 0 Å². The monoisotopic (exact) mass is 437 g/mol. The molecule has 1 fully saturated rings. The SMILES string of the molecule is CN=C(NCCCOCC1CC1)NCc1ccc(Cl)cc1.I. The molecule has 1 saturated carbocycles. The summed E-state index contributed by atoms with van der Waals surface area (Å²) in [5, 5.41) is 7.32. The fraction of sp³-hybridized carbons (Fsp3) is 0.562. The molecule has 124 valence electrons. The number of ether oxygens (including phenoxy) is 1. The molecule has 0 amide bonds. The molecular weight excluding hydrogens is 413 g/mol. The highest BCUT2D eigenvalue weighted by atomic mass is 127. The number of guanidine groups is 1. The summed E-state index contributed by atoms with van der Waals surface area (Å²) in [5.74, 6) is 1.65. The lowest BCUT2D eigenvalue weighted by Gasteiger charge is -2.12. The Hall–Kier alpha value is -0.530. The smallest absolute Gasteiger partial charge is 0.191 e. The van der Waals surface area contributed by atoms with Gasteiger partial charge in [0.1, 0.15) is 0 Å². The molecule has 6 heteroatoms. The van der Waals surface area contributed by atoms with Crippen molar-refractivity contribution in [2.24, 2.45) is 10.9 Å². The van der Waals surface area contributed by atoms with Crippen LogP contribution >= 0.6 is 35.6 Å². The van der Waals surface area contributed by atoms with E-state index in [1.807, 2.05) is 24.3 Å². The highest BCUT2D eigenvalue weighted by Crippen LogP contribution is 2.28. The fourth-order valence-electron chi connectivity index (χ4n) is 1.92. The van der Waals surface area contributed by atoms with Gasteiger partial charge in [0.2, 0.25) is 0 Å². The van der Waals surface area contributed by atoms with Crippen LogP contribution in [0.1, 0.15) is 24.8 Å². The second kappa shape index (κ2) is 11.1. The van der Waals surface area contributed by atoms with Crippen LogP contribution in [0.25, 0.3) is 0 Å². The maximum absolute atomic E-state index is 5.87. The minimum absolute atomic E-state index is 0. The molecule has 0 unspecified atom stereocenters. The third-order valence-electron chi connectivity index (χ3n) is 3.41. The zero-order chi connectivity index (χ0) is 14.9. The van der Waals surface area contributed by atoms with Gasteiger partial charge < -0.3 is 15.4 Å². The highest BCUT2D eigenvalue weighted by Gasteiger charge is 2.20. The minimum Gasteiger partial charge on any atom is -0.381 e. The van der Waals surface area contributed by atoms with Gasteiger partial charge in [-0.3, -0.25) is 4.99 Å². The predicted octanol–water partition coefficient (Wildman–Crippen LogP) is 3.44. The average Bonchev–Trinajstić information content (AvgIpc) is 3.31. The summed E-state index contributed by atoms with van der Waals surface area (Å²) >= 11 is 5.87. The molecule has 0 spiro atoms. The number of nitrogens with one attached hydrogen (secondary N) is 2. The molecule has 0 radical (unpaired) electrons. The van der Waals surface area contributed by atoms with E-state index >= 15 is 0 Å². The zero-order valence-electron chi connectivity index (χ0n) is 13.0. The Kier molecular flexibility index (Phi) is 9.82. The average molecular weight is 438 g/mol. The van der Waals surface area contributed by atoms with E-state index in [4.69, 9.17) is 16.3 Å². The lowest BCUT2D eigenvalue weighted by molar-refractivity contribution is 0.123. The van der Waals surface area contributed by atoms with Crippen molar-refractivity contribution in [2.45, 2.75) is 25.8 Å². The summed E-state index contributed by atoms with van der Waals surface area (Å²) in [4.78, 5) is 4.20. The molecule has 0 atom stereocenters. The number of benzene rings is 1. The first-order chi connectivity index (χ1) is 10.3.